The van der Waals surface area contributed by atoms with E-state index in [1.165, 1.54) is 6.07 Å². The highest BCUT2D eigenvalue weighted by Gasteiger charge is 2.26. The molecule has 0 aliphatic carbocycles. The number of anilines is 4. The second-order valence-corrected chi connectivity index (χ2v) is 8.76. The lowest BCUT2D eigenvalue weighted by Gasteiger charge is -2.36. The molecule has 2 aromatic heterocycles. The van der Waals surface area contributed by atoms with Crippen LogP contribution in [-0.4, -0.2) is 53.4 Å². The molecular formula is C25H28F2N6O2. The molecular weight excluding hydrogens is 454 g/mol. The molecule has 10 heteroatoms. The standard InChI is InChI=1S/C25H28F2N6O2/c1-3-15(2)33-7-9-35-24-19(26)10-16(11-21(24)33)23-20(27)13-29-25(32-23)31-22-5-4-17(12-28-22)30-18-6-8-34-14-18/h4-5,10-13,15,18,30H,3,6-9,14H2,1-2H3,(H,28,29,31,32). The van der Waals surface area contributed by atoms with Crippen molar-refractivity contribution in [2.24, 2.45) is 0 Å². The van der Waals surface area contributed by atoms with Crippen LogP contribution in [0.5, 0.6) is 5.75 Å². The van der Waals surface area contributed by atoms with Crippen molar-refractivity contribution in [3.05, 3.63) is 48.3 Å². The molecule has 4 heterocycles. The van der Waals surface area contributed by atoms with E-state index in [-0.39, 0.29) is 29.5 Å². The average Bonchev–Trinajstić information content (AvgIpc) is 3.38. The number of hydrogen-bond acceptors (Lipinski definition) is 8. The Bertz CT molecular complexity index is 1190. The van der Waals surface area contributed by atoms with Crippen LogP contribution in [0.25, 0.3) is 11.3 Å². The SMILES string of the molecule is CCC(C)N1CCOc2c(F)cc(-c3nc(Nc4ccc(NC5CCOC5)cn4)ncc3F)cc21. The van der Waals surface area contributed by atoms with Crippen molar-refractivity contribution >= 4 is 23.1 Å². The normalized spacial score (nSPS) is 18.1. The Morgan fingerprint density at radius 3 is 2.77 bits per heavy atom. The molecule has 0 amide bonds. The summed E-state index contributed by atoms with van der Waals surface area (Å²) in [7, 11) is 0. The van der Waals surface area contributed by atoms with E-state index >= 15 is 0 Å². The van der Waals surface area contributed by atoms with Gasteiger partial charge in [-0.05, 0) is 44.0 Å². The highest BCUT2D eigenvalue weighted by atomic mass is 19.1. The molecule has 5 rings (SSSR count). The number of rotatable bonds is 7. The lowest BCUT2D eigenvalue weighted by molar-refractivity contribution is 0.195. The summed E-state index contributed by atoms with van der Waals surface area (Å²) in [4.78, 5) is 14.8. The molecule has 2 N–H and O–H groups in total. The summed E-state index contributed by atoms with van der Waals surface area (Å²) < 4.78 is 40.7. The van der Waals surface area contributed by atoms with Gasteiger partial charge in [-0.2, -0.15) is 0 Å². The molecule has 184 valence electrons. The average molecular weight is 483 g/mol. The van der Waals surface area contributed by atoms with Gasteiger partial charge in [-0.15, -0.1) is 0 Å². The number of aromatic nitrogens is 3. The minimum absolute atomic E-state index is 0.00149. The maximum atomic E-state index is 15.0. The Kier molecular flexibility index (Phi) is 6.63. The third-order valence-corrected chi connectivity index (χ3v) is 6.36. The monoisotopic (exact) mass is 482 g/mol. The van der Waals surface area contributed by atoms with Crippen molar-refractivity contribution in [2.45, 2.75) is 38.8 Å². The summed E-state index contributed by atoms with van der Waals surface area (Å²) in [5, 5.41) is 6.36. The number of nitrogens with zero attached hydrogens (tertiary/aromatic N) is 4. The Morgan fingerprint density at radius 1 is 1.14 bits per heavy atom. The van der Waals surface area contributed by atoms with Crippen LogP contribution in [0.4, 0.5) is 31.9 Å². The Hall–Kier alpha value is -3.53. The van der Waals surface area contributed by atoms with Gasteiger partial charge in [0.25, 0.3) is 0 Å². The second kappa shape index (κ2) is 9.99. The molecule has 2 unspecified atom stereocenters. The number of hydrogen-bond donors (Lipinski definition) is 2. The minimum atomic E-state index is -0.645. The van der Waals surface area contributed by atoms with Gasteiger partial charge >= 0.3 is 0 Å². The van der Waals surface area contributed by atoms with Crippen LogP contribution >= 0.6 is 0 Å². The number of nitrogens with one attached hydrogen (secondary N) is 2. The van der Waals surface area contributed by atoms with Gasteiger partial charge < -0.3 is 25.0 Å². The zero-order valence-electron chi connectivity index (χ0n) is 19.7. The zero-order chi connectivity index (χ0) is 24.4. The van der Waals surface area contributed by atoms with Gasteiger partial charge in [-0.25, -0.2) is 23.7 Å². The summed E-state index contributed by atoms with van der Waals surface area (Å²) in [6.45, 7) is 6.61. The molecule has 0 spiro atoms. The van der Waals surface area contributed by atoms with E-state index in [1.807, 2.05) is 6.07 Å². The van der Waals surface area contributed by atoms with Crippen LogP contribution in [-0.2, 0) is 4.74 Å². The number of pyridine rings is 1. The number of ether oxygens (including phenoxy) is 2. The zero-order valence-corrected chi connectivity index (χ0v) is 19.7. The molecule has 35 heavy (non-hydrogen) atoms. The van der Waals surface area contributed by atoms with E-state index in [4.69, 9.17) is 9.47 Å². The first-order chi connectivity index (χ1) is 17.0. The van der Waals surface area contributed by atoms with Gasteiger partial charge in [-0.3, -0.25) is 0 Å². The van der Waals surface area contributed by atoms with Crippen molar-refractivity contribution in [1.29, 1.82) is 0 Å². The van der Waals surface area contributed by atoms with E-state index in [0.717, 1.165) is 31.3 Å². The fourth-order valence-electron chi connectivity index (χ4n) is 4.30. The summed E-state index contributed by atoms with van der Waals surface area (Å²) in [6.07, 6.45) is 4.61. The Labute approximate surface area is 202 Å². The third kappa shape index (κ3) is 4.97. The van der Waals surface area contributed by atoms with Crippen molar-refractivity contribution in [3.8, 4) is 17.0 Å². The molecule has 2 aliphatic heterocycles. The summed E-state index contributed by atoms with van der Waals surface area (Å²) in [5.41, 5.74) is 1.79. The van der Waals surface area contributed by atoms with E-state index in [1.54, 1.807) is 18.3 Å². The van der Waals surface area contributed by atoms with Gasteiger partial charge in [-0.1, -0.05) is 6.92 Å². The summed E-state index contributed by atoms with van der Waals surface area (Å²) in [5.74, 6) is -0.339. The fraction of sp³-hybridized carbons (Fsp3) is 0.400. The highest BCUT2D eigenvalue weighted by Crippen LogP contribution is 2.39. The summed E-state index contributed by atoms with van der Waals surface area (Å²) in [6, 6.07) is 7.11. The van der Waals surface area contributed by atoms with Crippen molar-refractivity contribution in [3.63, 3.8) is 0 Å². The Morgan fingerprint density at radius 2 is 2.03 bits per heavy atom. The molecule has 1 saturated heterocycles. The van der Waals surface area contributed by atoms with Crippen LogP contribution < -0.4 is 20.3 Å². The molecule has 0 saturated carbocycles. The quantitative estimate of drug-likeness (QED) is 0.499. The van der Waals surface area contributed by atoms with Gasteiger partial charge in [0.15, 0.2) is 17.4 Å². The minimum Gasteiger partial charge on any atom is -0.486 e. The van der Waals surface area contributed by atoms with E-state index in [9.17, 15) is 8.78 Å². The van der Waals surface area contributed by atoms with Crippen LogP contribution in [0, 0.1) is 11.6 Å². The van der Waals surface area contributed by atoms with Crippen LogP contribution in [0.3, 0.4) is 0 Å². The number of fused-ring (bicyclic) bond motifs is 1. The maximum Gasteiger partial charge on any atom is 0.229 e. The first-order valence-corrected chi connectivity index (χ1v) is 11.8. The maximum absolute atomic E-state index is 15.0. The van der Waals surface area contributed by atoms with Crippen molar-refractivity contribution in [2.75, 3.05) is 41.9 Å². The molecule has 2 atom stereocenters. The molecule has 1 aromatic carbocycles. The van der Waals surface area contributed by atoms with Crippen molar-refractivity contribution in [1.82, 2.24) is 15.0 Å². The second-order valence-electron chi connectivity index (χ2n) is 8.76. The number of benzene rings is 1. The third-order valence-electron chi connectivity index (χ3n) is 6.36. The number of halogens is 2. The topological polar surface area (TPSA) is 84.4 Å². The van der Waals surface area contributed by atoms with Gasteiger partial charge in [0.1, 0.15) is 18.1 Å². The molecule has 2 aliphatic rings. The van der Waals surface area contributed by atoms with E-state index < -0.39 is 11.6 Å². The molecule has 1 fully saturated rings. The Balaban J connectivity index is 1.39. The molecule has 0 radical (unpaired) electrons. The predicted octanol–water partition coefficient (Wildman–Crippen LogP) is 4.76. The highest BCUT2D eigenvalue weighted by molar-refractivity contribution is 5.73. The van der Waals surface area contributed by atoms with Gasteiger partial charge in [0.2, 0.25) is 5.95 Å². The summed E-state index contributed by atoms with van der Waals surface area (Å²) >= 11 is 0. The molecule has 3 aromatic rings. The molecule has 8 nitrogen and oxygen atoms in total. The lowest BCUT2D eigenvalue weighted by atomic mass is 10.1. The van der Waals surface area contributed by atoms with E-state index in [2.05, 4.69) is 44.3 Å². The van der Waals surface area contributed by atoms with Crippen LogP contribution in [0.15, 0.2) is 36.7 Å². The van der Waals surface area contributed by atoms with Gasteiger partial charge in [0.05, 0.1) is 43.0 Å². The molecule has 0 bridgehead atoms. The lowest BCUT2D eigenvalue weighted by Crippen LogP contribution is -2.39. The first-order valence-electron chi connectivity index (χ1n) is 11.8. The van der Waals surface area contributed by atoms with Crippen LogP contribution in [0.1, 0.15) is 26.7 Å². The fourth-order valence-corrected chi connectivity index (χ4v) is 4.30. The van der Waals surface area contributed by atoms with Crippen molar-refractivity contribution < 1.29 is 18.3 Å². The largest absolute Gasteiger partial charge is 0.486 e. The van der Waals surface area contributed by atoms with E-state index in [0.29, 0.717) is 36.8 Å². The van der Waals surface area contributed by atoms with Gasteiger partial charge in [0, 0.05) is 18.2 Å². The smallest absolute Gasteiger partial charge is 0.229 e. The predicted molar refractivity (Wildman–Crippen MR) is 130 cm³/mol. The van der Waals surface area contributed by atoms with Crippen LogP contribution in [0.2, 0.25) is 0 Å². The first kappa shape index (κ1) is 23.2.